The van der Waals surface area contributed by atoms with Crippen LogP contribution >= 0.6 is 0 Å². The third-order valence-corrected chi connectivity index (χ3v) is 2.80. The van der Waals surface area contributed by atoms with Crippen molar-refractivity contribution in [3.63, 3.8) is 0 Å². The van der Waals surface area contributed by atoms with Crippen LogP contribution in [0.2, 0.25) is 0 Å². The average Bonchev–Trinajstić information content (AvgIpc) is 2.70. The van der Waals surface area contributed by atoms with Crippen molar-refractivity contribution in [3.05, 3.63) is 0 Å². The van der Waals surface area contributed by atoms with E-state index in [2.05, 4.69) is 5.32 Å². The summed E-state index contributed by atoms with van der Waals surface area (Å²) in [6.07, 6.45) is 1.40. The van der Waals surface area contributed by atoms with Crippen molar-refractivity contribution >= 4 is 11.9 Å². The van der Waals surface area contributed by atoms with Gasteiger partial charge in [0.1, 0.15) is 11.6 Å². The standard InChI is InChI=1S/C10H17NO4/c1-3-10(2,9(13)14)11-8(12)7-5-4-6-15-7/h7H,3-6H2,1-2H3,(H,11,12)(H,13,14). The highest BCUT2D eigenvalue weighted by Gasteiger charge is 2.35. The molecule has 2 unspecified atom stereocenters. The minimum atomic E-state index is -1.19. The maximum atomic E-state index is 11.6. The molecule has 5 heteroatoms. The smallest absolute Gasteiger partial charge is 0.329 e. The molecule has 0 aromatic rings. The normalized spacial score (nSPS) is 24.5. The Morgan fingerprint density at radius 3 is 2.67 bits per heavy atom. The van der Waals surface area contributed by atoms with Crippen LogP contribution in [0.1, 0.15) is 33.1 Å². The highest BCUT2D eigenvalue weighted by Crippen LogP contribution is 2.15. The molecular weight excluding hydrogens is 198 g/mol. The van der Waals surface area contributed by atoms with Gasteiger partial charge in [0, 0.05) is 6.61 Å². The van der Waals surface area contributed by atoms with E-state index in [4.69, 9.17) is 9.84 Å². The van der Waals surface area contributed by atoms with Gasteiger partial charge < -0.3 is 15.2 Å². The van der Waals surface area contributed by atoms with E-state index in [1.54, 1.807) is 6.92 Å². The van der Waals surface area contributed by atoms with Gasteiger partial charge in [-0.2, -0.15) is 0 Å². The molecule has 5 nitrogen and oxygen atoms in total. The second-order valence-electron chi connectivity index (χ2n) is 3.98. The quantitative estimate of drug-likeness (QED) is 0.717. The molecule has 1 rings (SSSR count). The van der Waals surface area contributed by atoms with Crippen molar-refractivity contribution < 1.29 is 19.4 Å². The largest absolute Gasteiger partial charge is 0.480 e. The number of aliphatic carboxylic acids is 1. The van der Waals surface area contributed by atoms with Crippen molar-refractivity contribution in [2.45, 2.75) is 44.8 Å². The van der Waals surface area contributed by atoms with Crippen molar-refractivity contribution in [1.29, 1.82) is 0 Å². The first-order valence-corrected chi connectivity index (χ1v) is 5.16. The lowest BCUT2D eigenvalue weighted by Crippen LogP contribution is -2.54. The number of hydrogen-bond acceptors (Lipinski definition) is 3. The Kier molecular flexibility index (Phi) is 3.68. The van der Waals surface area contributed by atoms with Crippen LogP contribution in [0.25, 0.3) is 0 Å². The highest BCUT2D eigenvalue weighted by molar-refractivity contribution is 5.88. The summed E-state index contributed by atoms with van der Waals surface area (Å²) in [5.74, 6) is -1.34. The Bertz CT molecular complexity index is 260. The third-order valence-electron chi connectivity index (χ3n) is 2.80. The van der Waals surface area contributed by atoms with Crippen molar-refractivity contribution in [2.75, 3.05) is 6.61 Å². The minimum absolute atomic E-state index is 0.320. The second-order valence-corrected chi connectivity index (χ2v) is 3.98. The number of carboxylic acid groups (broad SMARTS) is 1. The molecule has 0 aromatic carbocycles. The molecule has 2 N–H and O–H groups in total. The van der Waals surface area contributed by atoms with Gasteiger partial charge in [0.25, 0.3) is 0 Å². The molecule has 0 radical (unpaired) electrons. The number of ether oxygens (including phenoxy) is 1. The van der Waals surface area contributed by atoms with E-state index in [1.165, 1.54) is 6.92 Å². The molecule has 1 fully saturated rings. The maximum absolute atomic E-state index is 11.6. The molecule has 1 amide bonds. The predicted molar refractivity (Wildman–Crippen MR) is 53.4 cm³/mol. The minimum Gasteiger partial charge on any atom is -0.480 e. The molecule has 0 saturated carbocycles. The number of carbonyl (C=O) groups excluding carboxylic acids is 1. The van der Waals surface area contributed by atoms with E-state index < -0.39 is 17.6 Å². The highest BCUT2D eigenvalue weighted by atomic mass is 16.5. The third kappa shape index (κ3) is 2.68. The molecule has 86 valence electrons. The number of rotatable bonds is 4. The van der Waals surface area contributed by atoms with E-state index >= 15 is 0 Å². The van der Waals surface area contributed by atoms with Crippen LogP contribution in [0, 0.1) is 0 Å². The Hall–Kier alpha value is -1.10. The molecule has 0 spiro atoms. The summed E-state index contributed by atoms with van der Waals surface area (Å²) in [5, 5.41) is 11.5. The fourth-order valence-corrected chi connectivity index (χ4v) is 1.43. The van der Waals surface area contributed by atoms with Crippen molar-refractivity contribution in [3.8, 4) is 0 Å². The molecule has 2 atom stereocenters. The van der Waals surface area contributed by atoms with Crippen LogP contribution in [0.15, 0.2) is 0 Å². The van der Waals surface area contributed by atoms with E-state index in [0.717, 1.165) is 6.42 Å². The number of hydrogen-bond donors (Lipinski definition) is 2. The Balaban J connectivity index is 2.58. The fraction of sp³-hybridized carbons (Fsp3) is 0.800. The fourth-order valence-electron chi connectivity index (χ4n) is 1.43. The van der Waals surface area contributed by atoms with Gasteiger partial charge >= 0.3 is 5.97 Å². The number of carbonyl (C=O) groups is 2. The molecule has 0 bridgehead atoms. The number of amides is 1. The summed E-state index contributed by atoms with van der Waals surface area (Å²) in [7, 11) is 0. The van der Waals surface area contributed by atoms with Gasteiger partial charge in [0.2, 0.25) is 5.91 Å². The second kappa shape index (κ2) is 4.61. The number of carboxylic acids is 1. The van der Waals surface area contributed by atoms with E-state index in [9.17, 15) is 9.59 Å². The zero-order valence-corrected chi connectivity index (χ0v) is 9.08. The SMILES string of the molecule is CCC(C)(NC(=O)C1CCCO1)C(=O)O. The predicted octanol–water partition coefficient (Wildman–Crippen LogP) is 0.535. The van der Waals surface area contributed by atoms with Gasteiger partial charge in [-0.1, -0.05) is 6.92 Å². The molecule has 15 heavy (non-hydrogen) atoms. The Morgan fingerprint density at radius 2 is 2.27 bits per heavy atom. The van der Waals surface area contributed by atoms with Crippen LogP contribution in [0.3, 0.4) is 0 Å². The molecule has 1 heterocycles. The topological polar surface area (TPSA) is 75.6 Å². The van der Waals surface area contributed by atoms with Gasteiger partial charge in [-0.25, -0.2) is 4.79 Å². The monoisotopic (exact) mass is 215 g/mol. The van der Waals surface area contributed by atoms with Crippen LogP contribution in [-0.2, 0) is 14.3 Å². The van der Waals surface area contributed by atoms with E-state index in [1.807, 2.05) is 0 Å². The van der Waals surface area contributed by atoms with Crippen LogP contribution in [0.5, 0.6) is 0 Å². The first kappa shape index (κ1) is 12.0. The molecule has 0 aromatic heterocycles. The summed E-state index contributed by atoms with van der Waals surface area (Å²) in [6.45, 7) is 3.81. The molecule has 1 saturated heterocycles. The van der Waals surface area contributed by atoms with Crippen LogP contribution < -0.4 is 5.32 Å². The maximum Gasteiger partial charge on any atom is 0.329 e. The molecular formula is C10H17NO4. The van der Waals surface area contributed by atoms with Gasteiger partial charge in [-0.3, -0.25) is 4.79 Å². The van der Waals surface area contributed by atoms with E-state index in [-0.39, 0.29) is 5.91 Å². The summed E-state index contributed by atoms with van der Waals surface area (Å²) in [6, 6.07) is 0. The summed E-state index contributed by atoms with van der Waals surface area (Å²) in [4.78, 5) is 22.6. The van der Waals surface area contributed by atoms with Gasteiger partial charge in [0.05, 0.1) is 0 Å². The van der Waals surface area contributed by atoms with Crippen molar-refractivity contribution in [1.82, 2.24) is 5.32 Å². The zero-order valence-electron chi connectivity index (χ0n) is 9.08. The lowest BCUT2D eigenvalue weighted by Gasteiger charge is -2.25. The summed E-state index contributed by atoms with van der Waals surface area (Å²) >= 11 is 0. The Labute approximate surface area is 88.8 Å². The summed E-state index contributed by atoms with van der Waals surface area (Å²) < 4.78 is 5.18. The molecule has 1 aliphatic rings. The van der Waals surface area contributed by atoms with E-state index in [0.29, 0.717) is 19.4 Å². The van der Waals surface area contributed by atoms with Gasteiger partial charge in [-0.05, 0) is 26.2 Å². The zero-order chi connectivity index (χ0) is 11.5. The molecule has 0 aliphatic carbocycles. The lowest BCUT2D eigenvalue weighted by molar-refractivity contribution is -0.148. The van der Waals surface area contributed by atoms with Crippen molar-refractivity contribution in [2.24, 2.45) is 0 Å². The van der Waals surface area contributed by atoms with Gasteiger partial charge in [0.15, 0.2) is 0 Å². The Morgan fingerprint density at radius 1 is 1.60 bits per heavy atom. The molecule has 1 aliphatic heterocycles. The first-order chi connectivity index (χ1) is 6.99. The van der Waals surface area contributed by atoms with Gasteiger partial charge in [-0.15, -0.1) is 0 Å². The lowest BCUT2D eigenvalue weighted by atomic mass is 9.98. The number of nitrogens with one attached hydrogen (secondary N) is 1. The van der Waals surface area contributed by atoms with Crippen LogP contribution in [-0.4, -0.2) is 35.2 Å². The summed E-state index contributed by atoms with van der Waals surface area (Å²) in [5.41, 5.74) is -1.19. The average molecular weight is 215 g/mol. The van der Waals surface area contributed by atoms with Crippen LogP contribution in [0.4, 0.5) is 0 Å². The first-order valence-electron chi connectivity index (χ1n) is 5.16.